The maximum atomic E-state index is 12.5. The van der Waals surface area contributed by atoms with Gasteiger partial charge in [0, 0.05) is 24.5 Å². The zero-order valence-corrected chi connectivity index (χ0v) is 16.4. The van der Waals surface area contributed by atoms with E-state index < -0.39 is 16.1 Å². The normalized spacial score (nSPS) is 16.1. The van der Waals surface area contributed by atoms with Gasteiger partial charge in [-0.05, 0) is 68.7 Å². The molecule has 0 bridgehead atoms. The van der Waals surface area contributed by atoms with Crippen molar-refractivity contribution in [1.29, 1.82) is 0 Å². The van der Waals surface area contributed by atoms with Gasteiger partial charge in [0.05, 0.1) is 4.90 Å². The molecule has 1 amide bonds. The standard InChI is InChI=1S/C20H25N3O3S/c1-15-6-5-7-18(14-15)21-16(2)20(24)22-17-8-10-19(11-9-17)27(25,26)23-12-3-4-13-23/h5-11,14,16,21H,3-4,12-13H2,1-2H3,(H,22,24)/t16-/m1/s1. The molecule has 0 aliphatic carbocycles. The van der Waals surface area contributed by atoms with Gasteiger partial charge in [-0.15, -0.1) is 0 Å². The number of hydrogen-bond acceptors (Lipinski definition) is 4. The fourth-order valence-electron chi connectivity index (χ4n) is 3.09. The zero-order chi connectivity index (χ0) is 19.4. The zero-order valence-electron chi connectivity index (χ0n) is 15.6. The van der Waals surface area contributed by atoms with Crippen molar-refractivity contribution in [3.8, 4) is 0 Å². The Morgan fingerprint density at radius 3 is 2.33 bits per heavy atom. The van der Waals surface area contributed by atoms with Gasteiger partial charge in [0.1, 0.15) is 6.04 Å². The summed E-state index contributed by atoms with van der Waals surface area (Å²) in [7, 11) is -3.44. The Morgan fingerprint density at radius 1 is 1.04 bits per heavy atom. The minimum absolute atomic E-state index is 0.188. The molecule has 1 aliphatic rings. The third-order valence-corrected chi connectivity index (χ3v) is 6.53. The second kappa shape index (κ2) is 8.10. The predicted octanol–water partition coefficient (Wildman–Crippen LogP) is 3.22. The molecule has 0 unspecified atom stereocenters. The number of hydrogen-bond donors (Lipinski definition) is 2. The van der Waals surface area contributed by atoms with E-state index in [4.69, 9.17) is 0 Å². The van der Waals surface area contributed by atoms with Crippen molar-refractivity contribution in [3.63, 3.8) is 0 Å². The highest BCUT2D eigenvalue weighted by Gasteiger charge is 2.27. The van der Waals surface area contributed by atoms with Crippen molar-refractivity contribution in [2.45, 2.75) is 37.6 Å². The molecule has 2 aromatic rings. The molecule has 2 N–H and O–H groups in total. The molecule has 2 aromatic carbocycles. The average molecular weight is 388 g/mol. The molecule has 0 saturated carbocycles. The first-order valence-corrected chi connectivity index (χ1v) is 10.5. The topological polar surface area (TPSA) is 78.5 Å². The van der Waals surface area contributed by atoms with Crippen LogP contribution in [-0.4, -0.2) is 37.8 Å². The Hall–Kier alpha value is -2.38. The van der Waals surface area contributed by atoms with Crippen LogP contribution in [0.3, 0.4) is 0 Å². The second-order valence-electron chi connectivity index (χ2n) is 6.86. The monoisotopic (exact) mass is 387 g/mol. The number of anilines is 2. The lowest BCUT2D eigenvalue weighted by Crippen LogP contribution is -2.32. The molecule has 1 saturated heterocycles. The first-order valence-electron chi connectivity index (χ1n) is 9.10. The number of amides is 1. The second-order valence-corrected chi connectivity index (χ2v) is 8.80. The lowest BCUT2D eigenvalue weighted by atomic mass is 10.2. The van der Waals surface area contributed by atoms with E-state index in [1.807, 2.05) is 31.2 Å². The van der Waals surface area contributed by atoms with Crippen LogP contribution in [0, 0.1) is 6.92 Å². The molecule has 0 aromatic heterocycles. The van der Waals surface area contributed by atoms with Gasteiger partial charge in [0.15, 0.2) is 0 Å². The quantitative estimate of drug-likeness (QED) is 0.798. The molecule has 1 aliphatic heterocycles. The summed E-state index contributed by atoms with van der Waals surface area (Å²) in [4.78, 5) is 12.7. The average Bonchev–Trinajstić information content (AvgIpc) is 3.17. The van der Waals surface area contributed by atoms with E-state index in [1.165, 1.54) is 4.31 Å². The van der Waals surface area contributed by atoms with E-state index in [-0.39, 0.29) is 10.8 Å². The number of nitrogens with zero attached hydrogens (tertiary/aromatic N) is 1. The van der Waals surface area contributed by atoms with E-state index in [0.29, 0.717) is 18.8 Å². The lowest BCUT2D eigenvalue weighted by Gasteiger charge is -2.17. The Morgan fingerprint density at radius 2 is 1.70 bits per heavy atom. The third-order valence-electron chi connectivity index (χ3n) is 4.62. The first kappa shape index (κ1) is 19.4. The van der Waals surface area contributed by atoms with Crippen LogP contribution in [0.4, 0.5) is 11.4 Å². The van der Waals surface area contributed by atoms with Crippen molar-refractivity contribution in [1.82, 2.24) is 4.31 Å². The van der Waals surface area contributed by atoms with Gasteiger partial charge < -0.3 is 10.6 Å². The van der Waals surface area contributed by atoms with Crippen LogP contribution < -0.4 is 10.6 Å². The Balaban J connectivity index is 1.62. The van der Waals surface area contributed by atoms with Gasteiger partial charge >= 0.3 is 0 Å². The van der Waals surface area contributed by atoms with Gasteiger partial charge in [-0.1, -0.05) is 12.1 Å². The smallest absolute Gasteiger partial charge is 0.246 e. The minimum atomic E-state index is -3.44. The maximum absolute atomic E-state index is 12.5. The molecule has 7 heteroatoms. The summed E-state index contributed by atoms with van der Waals surface area (Å²) in [6.07, 6.45) is 1.80. The van der Waals surface area contributed by atoms with Crippen LogP contribution in [0.1, 0.15) is 25.3 Å². The molecule has 0 spiro atoms. The van der Waals surface area contributed by atoms with Crippen LogP contribution in [0.25, 0.3) is 0 Å². The number of carbonyl (C=O) groups is 1. The van der Waals surface area contributed by atoms with Crippen LogP contribution in [0.15, 0.2) is 53.4 Å². The Labute approximate surface area is 160 Å². The largest absolute Gasteiger partial charge is 0.374 e. The molecule has 27 heavy (non-hydrogen) atoms. The summed E-state index contributed by atoms with van der Waals surface area (Å²) in [5.74, 6) is -0.188. The van der Waals surface area contributed by atoms with E-state index in [2.05, 4.69) is 10.6 Å². The number of nitrogens with one attached hydrogen (secondary N) is 2. The van der Waals surface area contributed by atoms with Crippen molar-refractivity contribution in [2.24, 2.45) is 0 Å². The highest BCUT2D eigenvalue weighted by molar-refractivity contribution is 7.89. The van der Waals surface area contributed by atoms with E-state index in [9.17, 15) is 13.2 Å². The summed E-state index contributed by atoms with van der Waals surface area (Å²) >= 11 is 0. The molecule has 3 rings (SSSR count). The van der Waals surface area contributed by atoms with Gasteiger partial charge in [0.2, 0.25) is 15.9 Å². The number of rotatable bonds is 6. The molecule has 144 valence electrons. The van der Waals surface area contributed by atoms with E-state index in [1.54, 1.807) is 31.2 Å². The van der Waals surface area contributed by atoms with Crippen LogP contribution in [0.5, 0.6) is 0 Å². The molecule has 6 nitrogen and oxygen atoms in total. The van der Waals surface area contributed by atoms with Crippen molar-refractivity contribution >= 4 is 27.3 Å². The van der Waals surface area contributed by atoms with Gasteiger partial charge in [-0.3, -0.25) is 4.79 Å². The van der Waals surface area contributed by atoms with Crippen LogP contribution in [-0.2, 0) is 14.8 Å². The fraction of sp³-hybridized carbons (Fsp3) is 0.350. The number of sulfonamides is 1. The molecule has 1 atom stereocenters. The number of carbonyl (C=O) groups excluding carboxylic acids is 1. The molecular weight excluding hydrogens is 362 g/mol. The minimum Gasteiger partial charge on any atom is -0.374 e. The molecule has 1 fully saturated rings. The van der Waals surface area contributed by atoms with Crippen LogP contribution >= 0.6 is 0 Å². The number of benzene rings is 2. The Bertz CT molecular complexity index is 904. The summed E-state index contributed by atoms with van der Waals surface area (Å²) in [5.41, 5.74) is 2.56. The van der Waals surface area contributed by atoms with Crippen LogP contribution in [0.2, 0.25) is 0 Å². The van der Waals surface area contributed by atoms with Gasteiger partial charge in [0.25, 0.3) is 0 Å². The van der Waals surface area contributed by atoms with Crippen molar-refractivity contribution in [2.75, 3.05) is 23.7 Å². The molecule has 1 heterocycles. The van der Waals surface area contributed by atoms with E-state index >= 15 is 0 Å². The third kappa shape index (κ3) is 4.67. The first-order chi connectivity index (χ1) is 12.9. The van der Waals surface area contributed by atoms with E-state index in [0.717, 1.165) is 24.1 Å². The maximum Gasteiger partial charge on any atom is 0.246 e. The predicted molar refractivity (Wildman–Crippen MR) is 107 cm³/mol. The SMILES string of the molecule is Cc1cccc(N[C@H](C)C(=O)Nc2ccc(S(=O)(=O)N3CCCC3)cc2)c1. The fourth-order valence-corrected chi connectivity index (χ4v) is 4.61. The highest BCUT2D eigenvalue weighted by atomic mass is 32.2. The Kier molecular flexibility index (Phi) is 5.82. The summed E-state index contributed by atoms with van der Waals surface area (Å²) in [6, 6.07) is 13.7. The summed E-state index contributed by atoms with van der Waals surface area (Å²) in [6.45, 7) is 4.92. The molecular formula is C20H25N3O3S. The summed E-state index contributed by atoms with van der Waals surface area (Å²) in [5, 5.41) is 5.98. The van der Waals surface area contributed by atoms with Gasteiger partial charge in [-0.2, -0.15) is 4.31 Å². The lowest BCUT2D eigenvalue weighted by molar-refractivity contribution is -0.116. The number of aryl methyl sites for hydroxylation is 1. The van der Waals surface area contributed by atoms with Gasteiger partial charge in [-0.25, -0.2) is 8.42 Å². The van der Waals surface area contributed by atoms with Crippen molar-refractivity contribution < 1.29 is 13.2 Å². The van der Waals surface area contributed by atoms with Crippen molar-refractivity contribution in [3.05, 3.63) is 54.1 Å². The molecule has 0 radical (unpaired) electrons. The summed E-state index contributed by atoms with van der Waals surface area (Å²) < 4.78 is 26.6. The highest BCUT2D eigenvalue weighted by Crippen LogP contribution is 2.22.